The molecule has 2 nitrogen and oxygen atoms in total. The number of nitrogens with zero attached hydrogens (tertiary/aromatic N) is 1. The summed E-state index contributed by atoms with van der Waals surface area (Å²) in [5, 5.41) is 10.2. The number of rotatable bonds is 0. The fourth-order valence-corrected chi connectivity index (χ4v) is 2.14. The Hall–Kier alpha value is -0.570. The van der Waals surface area contributed by atoms with Crippen LogP contribution in [0.1, 0.15) is 18.1 Å². The molecule has 0 bridgehead atoms. The van der Waals surface area contributed by atoms with Crippen molar-refractivity contribution in [3.05, 3.63) is 35.4 Å². The number of likely N-dealkylation sites (N-methyl/N-ethyl adjacent to an activating group) is 1. The summed E-state index contributed by atoms with van der Waals surface area (Å²) in [4.78, 5) is 2.14. The van der Waals surface area contributed by atoms with E-state index in [4.69, 9.17) is 0 Å². The molecule has 0 radical (unpaired) electrons. The van der Waals surface area contributed by atoms with Crippen LogP contribution >= 0.6 is 12.4 Å². The predicted molar refractivity (Wildman–Crippen MR) is 59.6 cm³/mol. The summed E-state index contributed by atoms with van der Waals surface area (Å²) in [5.74, 6) is 0. The van der Waals surface area contributed by atoms with E-state index in [0.29, 0.717) is 6.54 Å². The number of hydrogen-bond donors (Lipinski definition) is 1. The molecular formula is C11H16ClNO. The minimum atomic E-state index is -0.691. The maximum atomic E-state index is 10.2. The van der Waals surface area contributed by atoms with E-state index < -0.39 is 5.60 Å². The monoisotopic (exact) mass is 213 g/mol. The topological polar surface area (TPSA) is 23.5 Å². The number of halogens is 1. The molecule has 2 rings (SSSR count). The third-order valence-electron chi connectivity index (χ3n) is 2.62. The quantitative estimate of drug-likeness (QED) is 0.710. The lowest BCUT2D eigenvalue weighted by Crippen LogP contribution is -2.41. The van der Waals surface area contributed by atoms with Gasteiger partial charge in [0.2, 0.25) is 0 Å². The van der Waals surface area contributed by atoms with Gasteiger partial charge in [-0.1, -0.05) is 24.3 Å². The highest BCUT2D eigenvalue weighted by Crippen LogP contribution is 2.30. The molecule has 0 spiro atoms. The van der Waals surface area contributed by atoms with Crippen LogP contribution in [-0.4, -0.2) is 23.6 Å². The highest BCUT2D eigenvalue weighted by Gasteiger charge is 2.31. The smallest absolute Gasteiger partial charge is 0.0997 e. The van der Waals surface area contributed by atoms with Gasteiger partial charge in [0.15, 0.2) is 0 Å². The standard InChI is InChI=1S/C11H15NO.ClH/c1-11(13)8-12(2)7-9-5-3-4-6-10(9)11;/h3-6,13H,7-8H2,1-2H3;1H. The van der Waals surface area contributed by atoms with Crippen LogP contribution in [0, 0.1) is 0 Å². The summed E-state index contributed by atoms with van der Waals surface area (Å²) in [7, 11) is 2.03. The first-order valence-corrected chi connectivity index (χ1v) is 4.59. The molecule has 78 valence electrons. The Morgan fingerprint density at radius 1 is 1.36 bits per heavy atom. The molecule has 0 saturated heterocycles. The lowest BCUT2D eigenvalue weighted by molar-refractivity contribution is 0.00846. The number of fused-ring (bicyclic) bond motifs is 1. The first kappa shape index (κ1) is 11.5. The first-order chi connectivity index (χ1) is 6.09. The summed E-state index contributed by atoms with van der Waals surface area (Å²) < 4.78 is 0. The fraction of sp³-hybridized carbons (Fsp3) is 0.455. The van der Waals surface area contributed by atoms with Gasteiger partial charge in [-0.3, -0.25) is 4.90 Å². The molecule has 1 heterocycles. The molecule has 1 N–H and O–H groups in total. The van der Waals surface area contributed by atoms with Crippen LogP contribution in [-0.2, 0) is 12.1 Å². The van der Waals surface area contributed by atoms with E-state index >= 15 is 0 Å². The van der Waals surface area contributed by atoms with Crippen LogP contribution in [0.2, 0.25) is 0 Å². The van der Waals surface area contributed by atoms with Crippen LogP contribution in [0.25, 0.3) is 0 Å². The highest BCUT2D eigenvalue weighted by atomic mass is 35.5. The molecule has 1 aliphatic rings. The molecule has 14 heavy (non-hydrogen) atoms. The molecule has 1 unspecified atom stereocenters. The van der Waals surface area contributed by atoms with Crippen molar-refractivity contribution in [1.29, 1.82) is 0 Å². The minimum absolute atomic E-state index is 0. The minimum Gasteiger partial charge on any atom is -0.384 e. The Morgan fingerprint density at radius 2 is 2.00 bits per heavy atom. The van der Waals surface area contributed by atoms with Crippen molar-refractivity contribution >= 4 is 12.4 Å². The molecular weight excluding hydrogens is 198 g/mol. The first-order valence-electron chi connectivity index (χ1n) is 4.59. The lowest BCUT2D eigenvalue weighted by Gasteiger charge is -2.36. The third-order valence-corrected chi connectivity index (χ3v) is 2.62. The maximum absolute atomic E-state index is 10.2. The zero-order valence-electron chi connectivity index (χ0n) is 8.53. The zero-order chi connectivity index (χ0) is 9.47. The van der Waals surface area contributed by atoms with Crippen LogP contribution in [0.15, 0.2) is 24.3 Å². The van der Waals surface area contributed by atoms with Gasteiger partial charge in [-0.25, -0.2) is 0 Å². The summed E-state index contributed by atoms with van der Waals surface area (Å²) >= 11 is 0. The Bertz CT molecular complexity index is 325. The molecule has 1 aromatic rings. The van der Waals surface area contributed by atoms with E-state index in [1.807, 2.05) is 32.2 Å². The van der Waals surface area contributed by atoms with Gasteiger partial charge >= 0.3 is 0 Å². The van der Waals surface area contributed by atoms with Crippen molar-refractivity contribution in [1.82, 2.24) is 4.90 Å². The Kier molecular flexibility index (Phi) is 3.20. The van der Waals surface area contributed by atoms with Gasteiger partial charge in [0.25, 0.3) is 0 Å². The second-order valence-corrected chi connectivity index (χ2v) is 4.10. The summed E-state index contributed by atoms with van der Waals surface area (Å²) in [6.45, 7) is 3.53. The fourth-order valence-electron chi connectivity index (χ4n) is 2.14. The average molecular weight is 214 g/mol. The summed E-state index contributed by atoms with van der Waals surface area (Å²) in [6.07, 6.45) is 0. The maximum Gasteiger partial charge on any atom is 0.0997 e. The molecule has 0 amide bonds. The molecule has 1 aromatic carbocycles. The molecule has 0 aromatic heterocycles. The Balaban J connectivity index is 0.000000980. The third kappa shape index (κ3) is 1.92. The zero-order valence-corrected chi connectivity index (χ0v) is 9.34. The van der Waals surface area contributed by atoms with Gasteiger partial charge in [-0.2, -0.15) is 0 Å². The van der Waals surface area contributed by atoms with Crippen molar-refractivity contribution in [2.75, 3.05) is 13.6 Å². The molecule has 0 saturated carbocycles. The molecule has 1 atom stereocenters. The Morgan fingerprint density at radius 3 is 2.71 bits per heavy atom. The number of benzene rings is 1. The van der Waals surface area contributed by atoms with Crippen molar-refractivity contribution in [3.8, 4) is 0 Å². The van der Waals surface area contributed by atoms with E-state index in [0.717, 1.165) is 12.1 Å². The largest absolute Gasteiger partial charge is 0.384 e. The van der Waals surface area contributed by atoms with E-state index in [2.05, 4.69) is 11.0 Å². The van der Waals surface area contributed by atoms with Gasteiger partial charge < -0.3 is 5.11 Å². The van der Waals surface area contributed by atoms with Crippen LogP contribution in [0.5, 0.6) is 0 Å². The molecule has 1 aliphatic heterocycles. The number of aliphatic hydroxyl groups is 1. The van der Waals surface area contributed by atoms with Crippen molar-refractivity contribution in [2.45, 2.75) is 19.1 Å². The van der Waals surface area contributed by atoms with Gasteiger partial charge in [-0.05, 0) is 25.1 Å². The Labute approximate surface area is 91.0 Å². The normalized spacial score (nSPS) is 26.5. The molecule has 0 fully saturated rings. The highest BCUT2D eigenvalue weighted by molar-refractivity contribution is 5.85. The van der Waals surface area contributed by atoms with Gasteiger partial charge in [0, 0.05) is 13.1 Å². The average Bonchev–Trinajstić information content (AvgIpc) is 2.02. The second-order valence-electron chi connectivity index (χ2n) is 4.10. The molecule has 3 heteroatoms. The predicted octanol–water partition coefficient (Wildman–Crippen LogP) is 1.76. The van der Waals surface area contributed by atoms with Gasteiger partial charge in [-0.15, -0.1) is 12.4 Å². The summed E-state index contributed by atoms with van der Waals surface area (Å²) in [5.41, 5.74) is 1.62. The second kappa shape index (κ2) is 3.89. The van der Waals surface area contributed by atoms with Crippen molar-refractivity contribution < 1.29 is 5.11 Å². The van der Waals surface area contributed by atoms with Crippen molar-refractivity contribution in [2.24, 2.45) is 0 Å². The van der Waals surface area contributed by atoms with Crippen LogP contribution in [0.4, 0.5) is 0 Å². The van der Waals surface area contributed by atoms with Gasteiger partial charge in [0.1, 0.15) is 0 Å². The van der Waals surface area contributed by atoms with E-state index in [1.165, 1.54) is 5.56 Å². The SMILES string of the molecule is CN1Cc2ccccc2C(C)(O)C1.Cl. The molecule has 0 aliphatic carbocycles. The number of β-amino-alcohol motifs (C(OH)–C–C–N with tert-alkyl or cyclic N) is 1. The van der Waals surface area contributed by atoms with Crippen molar-refractivity contribution in [3.63, 3.8) is 0 Å². The van der Waals surface area contributed by atoms with E-state index in [1.54, 1.807) is 0 Å². The summed E-state index contributed by atoms with van der Waals surface area (Å²) in [6, 6.07) is 8.11. The van der Waals surface area contributed by atoms with E-state index in [9.17, 15) is 5.11 Å². The number of hydrogen-bond acceptors (Lipinski definition) is 2. The van der Waals surface area contributed by atoms with E-state index in [-0.39, 0.29) is 12.4 Å². The van der Waals surface area contributed by atoms with Crippen LogP contribution in [0.3, 0.4) is 0 Å². The van der Waals surface area contributed by atoms with Crippen LogP contribution < -0.4 is 0 Å². The van der Waals surface area contributed by atoms with Gasteiger partial charge in [0.05, 0.1) is 5.60 Å². The lowest BCUT2D eigenvalue weighted by atomic mass is 9.87.